The number of hydrogen-bond donors (Lipinski definition) is 2. The number of ether oxygens (including phenoxy) is 1. The average molecular weight is 319 g/mol. The fraction of sp³-hybridized carbons (Fsp3) is 0.375. The third-order valence-corrected chi connectivity index (χ3v) is 4.11. The van der Waals surface area contributed by atoms with E-state index >= 15 is 0 Å². The summed E-state index contributed by atoms with van der Waals surface area (Å²) in [4.78, 5) is 16.9. The number of thiazole rings is 1. The zero-order chi connectivity index (χ0) is 15.9. The van der Waals surface area contributed by atoms with Crippen molar-refractivity contribution >= 4 is 17.2 Å². The van der Waals surface area contributed by atoms with Crippen LogP contribution in [0.2, 0.25) is 0 Å². The van der Waals surface area contributed by atoms with Crippen molar-refractivity contribution in [2.75, 3.05) is 13.2 Å². The van der Waals surface area contributed by atoms with Crippen molar-refractivity contribution in [1.82, 2.24) is 10.3 Å². The molecule has 118 valence electrons. The highest BCUT2D eigenvalue weighted by atomic mass is 32.1. The third kappa shape index (κ3) is 4.05. The van der Waals surface area contributed by atoms with E-state index in [4.69, 9.17) is 10.5 Å². The van der Waals surface area contributed by atoms with Crippen LogP contribution in [0.4, 0.5) is 0 Å². The smallest absolute Gasteiger partial charge is 0.255 e. The first-order valence-corrected chi connectivity index (χ1v) is 8.17. The Morgan fingerprint density at radius 3 is 2.95 bits per heavy atom. The van der Waals surface area contributed by atoms with E-state index in [1.54, 1.807) is 17.5 Å². The molecule has 0 radical (unpaired) electrons. The molecule has 2 aromatic rings. The fourth-order valence-corrected chi connectivity index (χ4v) is 2.87. The van der Waals surface area contributed by atoms with E-state index in [9.17, 15) is 4.79 Å². The molecule has 1 aromatic heterocycles. The summed E-state index contributed by atoms with van der Waals surface area (Å²) in [6.45, 7) is 4.76. The zero-order valence-electron chi connectivity index (χ0n) is 12.8. The maximum absolute atomic E-state index is 12.6. The second kappa shape index (κ2) is 7.91. The number of nitrogens with zero attached hydrogens (tertiary/aromatic N) is 1. The first-order chi connectivity index (χ1) is 10.7. The Balaban J connectivity index is 2.19. The Hall–Kier alpha value is -1.92. The molecule has 1 aromatic carbocycles. The van der Waals surface area contributed by atoms with Crippen LogP contribution in [0, 0.1) is 6.92 Å². The molecule has 0 aliphatic heterocycles. The third-order valence-electron chi connectivity index (χ3n) is 3.22. The number of benzene rings is 1. The molecule has 1 amide bonds. The molecule has 2 rings (SSSR count). The molecule has 1 heterocycles. The Morgan fingerprint density at radius 1 is 1.50 bits per heavy atom. The van der Waals surface area contributed by atoms with Crippen LogP contribution < -0.4 is 15.8 Å². The summed E-state index contributed by atoms with van der Waals surface area (Å²) in [6, 6.07) is 5.47. The number of aryl methyl sites for hydroxylation is 1. The van der Waals surface area contributed by atoms with Gasteiger partial charge in [0.25, 0.3) is 5.91 Å². The molecular weight excluding hydrogens is 298 g/mol. The minimum absolute atomic E-state index is 0.0876. The summed E-state index contributed by atoms with van der Waals surface area (Å²) in [6.07, 6.45) is 2.53. The summed E-state index contributed by atoms with van der Waals surface area (Å²) in [5.74, 6) is 0.403. The van der Waals surface area contributed by atoms with Gasteiger partial charge in [0.1, 0.15) is 17.4 Å². The molecule has 0 saturated carbocycles. The van der Waals surface area contributed by atoms with Crippen molar-refractivity contribution in [1.29, 1.82) is 0 Å². The fourth-order valence-electron chi connectivity index (χ4n) is 2.10. The highest BCUT2D eigenvalue weighted by Crippen LogP contribution is 2.23. The Labute approximate surface area is 134 Å². The van der Waals surface area contributed by atoms with Crippen LogP contribution in [0.3, 0.4) is 0 Å². The van der Waals surface area contributed by atoms with E-state index in [1.807, 2.05) is 37.4 Å². The van der Waals surface area contributed by atoms with Gasteiger partial charge in [0.15, 0.2) is 0 Å². The van der Waals surface area contributed by atoms with E-state index < -0.39 is 0 Å². The number of carbonyl (C=O) groups is 1. The van der Waals surface area contributed by atoms with Crippen molar-refractivity contribution in [3.63, 3.8) is 0 Å². The monoisotopic (exact) mass is 319 g/mol. The van der Waals surface area contributed by atoms with Gasteiger partial charge in [-0.2, -0.15) is 0 Å². The van der Waals surface area contributed by atoms with Gasteiger partial charge in [-0.05, 0) is 25.5 Å². The van der Waals surface area contributed by atoms with Crippen molar-refractivity contribution in [2.45, 2.75) is 26.3 Å². The lowest BCUT2D eigenvalue weighted by atomic mass is 10.1. The van der Waals surface area contributed by atoms with Gasteiger partial charge in [-0.25, -0.2) is 4.98 Å². The zero-order valence-corrected chi connectivity index (χ0v) is 13.7. The average Bonchev–Trinajstić information content (AvgIpc) is 3.05. The molecule has 6 heteroatoms. The molecule has 0 bridgehead atoms. The summed E-state index contributed by atoms with van der Waals surface area (Å²) in [5, 5.41) is 5.85. The van der Waals surface area contributed by atoms with E-state index in [0.717, 1.165) is 17.0 Å². The molecule has 3 N–H and O–H groups in total. The van der Waals surface area contributed by atoms with Gasteiger partial charge < -0.3 is 15.8 Å². The van der Waals surface area contributed by atoms with Crippen LogP contribution >= 0.6 is 11.3 Å². The number of rotatable bonds is 7. The van der Waals surface area contributed by atoms with Crippen LogP contribution in [-0.2, 0) is 0 Å². The maximum atomic E-state index is 12.6. The summed E-state index contributed by atoms with van der Waals surface area (Å²) in [7, 11) is 0. The largest absolute Gasteiger partial charge is 0.491 e. The lowest BCUT2D eigenvalue weighted by molar-refractivity contribution is 0.0931. The summed E-state index contributed by atoms with van der Waals surface area (Å²) >= 11 is 1.54. The van der Waals surface area contributed by atoms with E-state index in [1.165, 1.54) is 0 Å². The molecule has 0 fully saturated rings. The van der Waals surface area contributed by atoms with Crippen LogP contribution in [0.25, 0.3) is 0 Å². The molecule has 22 heavy (non-hydrogen) atoms. The van der Waals surface area contributed by atoms with Crippen molar-refractivity contribution in [2.24, 2.45) is 5.73 Å². The molecule has 0 aliphatic carbocycles. The van der Waals surface area contributed by atoms with Gasteiger partial charge in [-0.1, -0.05) is 18.6 Å². The molecule has 0 saturated heterocycles. The van der Waals surface area contributed by atoms with Crippen molar-refractivity contribution in [3.8, 4) is 5.75 Å². The highest BCUT2D eigenvalue weighted by molar-refractivity contribution is 7.09. The molecular formula is C16H21N3O2S. The van der Waals surface area contributed by atoms with E-state index in [-0.39, 0.29) is 11.9 Å². The standard InChI is InChI=1S/C16H21N3O2S/c1-3-13(16-18-7-9-22-16)19-15(20)12-10-11(2)4-5-14(12)21-8-6-17/h4-5,7,9-10,13H,3,6,8,17H2,1-2H3,(H,19,20). The second-order valence-corrected chi connectivity index (χ2v) is 5.87. The molecule has 1 atom stereocenters. The predicted molar refractivity (Wildman–Crippen MR) is 88.3 cm³/mol. The summed E-state index contributed by atoms with van der Waals surface area (Å²) in [5.41, 5.74) is 7.00. The maximum Gasteiger partial charge on any atom is 0.255 e. The lowest BCUT2D eigenvalue weighted by Gasteiger charge is -2.17. The number of hydrogen-bond acceptors (Lipinski definition) is 5. The van der Waals surface area contributed by atoms with Crippen LogP contribution in [-0.4, -0.2) is 24.0 Å². The van der Waals surface area contributed by atoms with E-state index in [0.29, 0.717) is 24.5 Å². The number of nitrogens with two attached hydrogens (primary N) is 1. The Morgan fingerprint density at radius 2 is 2.32 bits per heavy atom. The molecule has 0 spiro atoms. The lowest BCUT2D eigenvalue weighted by Crippen LogP contribution is -2.28. The van der Waals surface area contributed by atoms with Crippen molar-refractivity contribution < 1.29 is 9.53 Å². The van der Waals surface area contributed by atoms with Gasteiger partial charge in [-0.3, -0.25) is 4.79 Å². The van der Waals surface area contributed by atoms with Gasteiger partial charge in [0.05, 0.1) is 11.6 Å². The molecule has 0 aliphatic rings. The van der Waals surface area contributed by atoms with E-state index in [2.05, 4.69) is 10.3 Å². The quantitative estimate of drug-likeness (QED) is 0.822. The highest BCUT2D eigenvalue weighted by Gasteiger charge is 2.19. The van der Waals surface area contributed by atoms with Crippen LogP contribution in [0.15, 0.2) is 29.8 Å². The van der Waals surface area contributed by atoms with Gasteiger partial charge in [0.2, 0.25) is 0 Å². The Kier molecular flexibility index (Phi) is 5.91. The van der Waals surface area contributed by atoms with Gasteiger partial charge in [0, 0.05) is 18.1 Å². The summed E-state index contributed by atoms with van der Waals surface area (Å²) < 4.78 is 5.57. The number of nitrogens with one attached hydrogen (secondary N) is 1. The van der Waals surface area contributed by atoms with Gasteiger partial charge >= 0.3 is 0 Å². The molecule has 1 unspecified atom stereocenters. The predicted octanol–water partition coefficient (Wildman–Crippen LogP) is 2.67. The van der Waals surface area contributed by atoms with Crippen molar-refractivity contribution in [3.05, 3.63) is 45.9 Å². The first-order valence-electron chi connectivity index (χ1n) is 7.29. The normalized spacial score (nSPS) is 12.0. The van der Waals surface area contributed by atoms with Gasteiger partial charge in [-0.15, -0.1) is 11.3 Å². The number of carbonyl (C=O) groups excluding carboxylic acids is 1. The first kappa shape index (κ1) is 16.5. The minimum atomic E-state index is -0.155. The molecule has 5 nitrogen and oxygen atoms in total. The Bertz CT molecular complexity index is 614. The van der Waals surface area contributed by atoms with Crippen LogP contribution in [0.1, 0.15) is 40.3 Å². The SMILES string of the molecule is CCC(NC(=O)c1cc(C)ccc1OCCN)c1nccs1. The topological polar surface area (TPSA) is 77.2 Å². The van der Waals surface area contributed by atoms with Crippen LogP contribution in [0.5, 0.6) is 5.75 Å². The number of aromatic nitrogens is 1. The number of amides is 1. The minimum Gasteiger partial charge on any atom is -0.491 e. The second-order valence-electron chi connectivity index (χ2n) is 4.94.